The average molecular weight is 197 g/mol. The zero-order valence-electron chi connectivity index (χ0n) is 7.68. The molecule has 0 N–H and O–H groups in total. The largest absolute Gasteiger partial charge is 0.246 e. The van der Waals surface area contributed by atoms with Crippen LogP contribution in [0.2, 0.25) is 0 Å². The van der Waals surface area contributed by atoms with Gasteiger partial charge in [-0.25, -0.2) is 18.6 Å². The van der Waals surface area contributed by atoms with Crippen LogP contribution in [0.1, 0.15) is 16.7 Å². The average Bonchev–Trinajstić information content (AvgIpc) is 2.14. The minimum Gasteiger partial charge on any atom is -0.246 e. The summed E-state index contributed by atoms with van der Waals surface area (Å²) in [5.74, 6) is -0.594. The van der Waals surface area contributed by atoms with Gasteiger partial charge in [0.25, 0.3) is 0 Å². The molecule has 0 fully saturated rings. The normalized spacial score (nSPS) is 9.64. The van der Waals surface area contributed by atoms with Gasteiger partial charge >= 0.3 is 0 Å². The number of alkyl halides is 1. The lowest BCUT2D eigenvalue weighted by Crippen LogP contribution is -1.94. The molecular formula is C10H9F2NO. The van der Waals surface area contributed by atoms with Crippen LogP contribution < -0.4 is 0 Å². The standard InChI is InChI=1S/C10H9F2NO/c1-7-2-8(5-13-6-14)3-10(12)9(7)4-11/h2-3H,4-5H2,1H3. The third-order valence-electron chi connectivity index (χ3n) is 1.94. The molecule has 0 heterocycles. The second-order valence-electron chi connectivity index (χ2n) is 2.91. The predicted octanol–water partition coefficient (Wildman–Crippen LogP) is 2.44. The number of hydrogen-bond acceptors (Lipinski definition) is 2. The van der Waals surface area contributed by atoms with Crippen molar-refractivity contribution in [3.63, 3.8) is 0 Å². The van der Waals surface area contributed by atoms with E-state index in [1.165, 1.54) is 12.1 Å². The summed E-state index contributed by atoms with van der Waals surface area (Å²) in [4.78, 5) is 13.1. The molecule has 0 aliphatic carbocycles. The predicted molar refractivity (Wildman–Crippen MR) is 47.8 cm³/mol. The highest BCUT2D eigenvalue weighted by Crippen LogP contribution is 2.17. The van der Waals surface area contributed by atoms with E-state index in [2.05, 4.69) is 4.99 Å². The lowest BCUT2D eigenvalue weighted by atomic mass is 10.1. The molecule has 0 radical (unpaired) electrons. The van der Waals surface area contributed by atoms with Gasteiger partial charge in [0.2, 0.25) is 6.08 Å². The minimum absolute atomic E-state index is 0.0591. The van der Waals surface area contributed by atoms with E-state index in [1.807, 2.05) is 0 Å². The van der Waals surface area contributed by atoms with Crippen molar-refractivity contribution in [1.29, 1.82) is 0 Å². The molecule has 0 bridgehead atoms. The summed E-state index contributed by atoms with van der Waals surface area (Å²) in [6.07, 6.45) is 1.36. The topological polar surface area (TPSA) is 29.4 Å². The van der Waals surface area contributed by atoms with Crippen molar-refractivity contribution in [2.24, 2.45) is 4.99 Å². The molecule has 1 rings (SSSR count). The molecule has 0 atom stereocenters. The lowest BCUT2D eigenvalue weighted by Gasteiger charge is -2.05. The van der Waals surface area contributed by atoms with Crippen LogP contribution in [0.4, 0.5) is 8.78 Å². The first-order valence-corrected chi connectivity index (χ1v) is 4.06. The van der Waals surface area contributed by atoms with E-state index in [0.717, 1.165) is 0 Å². The Kier molecular flexibility index (Phi) is 3.48. The maximum Gasteiger partial charge on any atom is 0.235 e. The summed E-state index contributed by atoms with van der Waals surface area (Å²) in [5.41, 5.74) is 1.13. The number of rotatable bonds is 3. The van der Waals surface area contributed by atoms with Crippen molar-refractivity contribution in [3.05, 3.63) is 34.6 Å². The van der Waals surface area contributed by atoms with Gasteiger partial charge in [0, 0.05) is 5.56 Å². The van der Waals surface area contributed by atoms with Crippen molar-refractivity contribution >= 4 is 6.08 Å². The van der Waals surface area contributed by atoms with Crippen molar-refractivity contribution < 1.29 is 13.6 Å². The summed E-state index contributed by atoms with van der Waals surface area (Å²) in [6.45, 7) is 0.870. The first kappa shape index (κ1) is 10.5. The fraction of sp³-hybridized carbons (Fsp3) is 0.300. The second kappa shape index (κ2) is 4.63. The summed E-state index contributed by atoms with van der Waals surface area (Å²) in [6, 6.07) is 2.79. The Labute approximate surface area is 80.3 Å². The zero-order chi connectivity index (χ0) is 10.6. The number of nitrogens with zero attached hydrogens (tertiary/aromatic N) is 1. The van der Waals surface area contributed by atoms with Crippen molar-refractivity contribution in [3.8, 4) is 0 Å². The second-order valence-corrected chi connectivity index (χ2v) is 2.91. The summed E-state index contributed by atoms with van der Waals surface area (Å²) >= 11 is 0. The molecule has 14 heavy (non-hydrogen) atoms. The van der Waals surface area contributed by atoms with Crippen LogP contribution >= 0.6 is 0 Å². The maximum atomic E-state index is 13.2. The molecule has 74 valence electrons. The molecular weight excluding hydrogens is 188 g/mol. The number of benzene rings is 1. The van der Waals surface area contributed by atoms with Gasteiger partial charge in [-0.3, -0.25) is 0 Å². The van der Waals surface area contributed by atoms with E-state index >= 15 is 0 Å². The van der Waals surface area contributed by atoms with E-state index in [4.69, 9.17) is 0 Å². The Morgan fingerprint density at radius 1 is 1.50 bits per heavy atom. The Morgan fingerprint density at radius 3 is 2.71 bits per heavy atom. The molecule has 0 aliphatic heterocycles. The summed E-state index contributed by atoms with van der Waals surface area (Å²) in [7, 11) is 0. The maximum absolute atomic E-state index is 13.2. The molecule has 0 saturated heterocycles. The molecule has 0 spiro atoms. The van der Waals surface area contributed by atoms with Gasteiger partial charge in [-0.15, -0.1) is 0 Å². The number of isocyanates is 1. The third-order valence-corrected chi connectivity index (χ3v) is 1.94. The highest BCUT2D eigenvalue weighted by molar-refractivity contribution is 5.36. The number of hydrogen-bond donors (Lipinski definition) is 0. The smallest absolute Gasteiger partial charge is 0.235 e. The van der Waals surface area contributed by atoms with Crippen molar-refractivity contribution in [2.45, 2.75) is 20.1 Å². The van der Waals surface area contributed by atoms with Crippen LogP contribution in [0.15, 0.2) is 17.1 Å². The third kappa shape index (κ3) is 2.24. The molecule has 4 heteroatoms. The number of aryl methyl sites for hydroxylation is 1. The van der Waals surface area contributed by atoms with E-state index in [9.17, 15) is 13.6 Å². The van der Waals surface area contributed by atoms with E-state index < -0.39 is 12.5 Å². The van der Waals surface area contributed by atoms with Crippen molar-refractivity contribution in [1.82, 2.24) is 0 Å². The van der Waals surface area contributed by atoms with Crippen LogP contribution in [0, 0.1) is 12.7 Å². The highest BCUT2D eigenvalue weighted by atomic mass is 19.1. The Bertz CT molecular complexity index is 361. The van der Waals surface area contributed by atoms with Crippen LogP contribution in [-0.2, 0) is 18.0 Å². The van der Waals surface area contributed by atoms with Gasteiger partial charge in [0.15, 0.2) is 0 Å². The highest BCUT2D eigenvalue weighted by Gasteiger charge is 2.07. The van der Waals surface area contributed by atoms with E-state index in [0.29, 0.717) is 11.1 Å². The van der Waals surface area contributed by atoms with Crippen molar-refractivity contribution in [2.75, 3.05) is 0 Å². The van der Waals surface area contributed by atoms with Crippen LogP contribution in [0.3, 0.4) is 0 Å². The molecule has 1 aromatic rings. The fourth-order valence-corrected chi connectivity index (χ4v) is 1.23. The molecule has 0 saturated carbocycles. The molecule has 0 aliphatic rings. The molecule has 0 unspecified atom stereocenters. The Balaban J connectivity index is 3.07. The SMILES string of the molecule is Cc1cc(CN=C=O)cc(F)c1CF. The molecule has 0 aromatic heterocycles. The lowest BCUT2D eigenvalue weighted by molar-refractivity contribution is 0.461. The number of carbonyl (C=O) groups excluding carboxylic acids is 1. The van der Waals surface area contributed by atoms with Crippen LogP contribution in [0.5, 0.6) is 0 Å². The van der Waals surface area contributed by atoms with E-state index in [-0.39, 0.29) is 12.1 Å². The van der Waals surface area contributed by atoms with Gasteiger partial charge in [0.05, 0.1) is 6.54 Å². The fourth-order valence-electron chi connectivity index (χ4n) is 1.23. The zero-order valence-corrected chi connectivity index (χ0v) is 7.68. The minimum atomic E-state index is -0.825. The van der Waals surface area contributed by atoms with Gasteiger partial charge in [-0.2, -0.15) is 0 Å². The monoisotopic (exact) mass is 197 g/mol. The first-order valence-electron chi connectivity index (χ1n) is 4.06. The number of aliphatic imine (C=N–C) groups is 1. The van der Waals surface area contributed by atoms with Crippen LogP contribution in [-0.4, -0.2) is 6.08 Å². The molecule has 0 amide bonds. The van der Waals surface area contributed by atoms with Gasteiger partial charge < -0.3 is 0 Å². The first-order chi connectivity index (χ1) is 6.69. The Hall–Kier alpha value is -1.54. The molecule has 1 aromatic carbocycles. The number of halogens is 2. The van der Waals surface area contributed by atoms with Gasteiger partial charge in [0.1, 0.15) is 12.5 Å². The van der Waals surface area contributed by atoms with Crippen LogP contribution in [0.25, 0.3) is 0 Å². The van der Waals surface area contributed by atoms with Gasteiger partial charge in [-0.05, 0) is 24.1 Å². The summed E-state index contributed by atoms with van der Waals surface area (Å²) < 4.78 is 25.5. The molecule has 2 nitrogen and oxygen atoms in total. The summed E-state index contributed by atoms with van der Waals surface area (Å²) in [5, 5.41) is 0. The van der Waals surface area contributed by atoms with E-state index in [1.54, 1.807) is 13.0 Å². The quantitative estimate of drug-likeness (QED) is 0.540. The Morgan fingerprint density at radius 2 is 2.21 bits per heavy atom. The van der Waals surface area contributed by atoms with Gasteiger partial charge in [-0.1, -0.05) is 6.07 Å².